The highest BCUT2D eigenvalue weighted by atomic mass is 16.5. The molecule has 0 bridgehead atoms. The van der Waals surface area contributed by atoms with Crippen LogP contribution in [0, 0.1) is 0 Å². The summed E-state index contributed by atoms with van der Waals surface area (Å²) in [5, 5.41) is 2.32. The Morgan fingerprint density at radius 1 is 0.532 bits per heavy atom. The zero-order valence-corrected chi connectivity index (χ0v) is 26.2. The summed E-state index contributed by atoms with van der Waals surface area (Å²) in [7, 11) is 0. The van der Waals surface area contributed by atoms with E-state index in [4.69, 9.17) is 9.47 Å². The van der Waals surface area contributed by atoms with Crippen LogP contribution in [0.5, 0.6) is 23.0 Å². The molecule has 0 spiro atoms. The second-order valence-corrected chi connectivity index (χ2v) is 13.3. The van der Waals surface area contributed by atoms with Crippen LogP contribution in [-0.2, 0) is 5.41 Å². The fourth-order valence-electron chi connectivity index (χ4n) is 8.23. The number of ether oxygens (including phenoxy) is 2. The third-order valence-corrected chi connectivity index (χ3v) is 10.3. The van der Waals surface area contributed by atoms with Gasteiger partial charge in [0.05, 0.1) is 0 Å². The quantitative estimate of drug-likeness (QED) is 0.188. The summed E-state index contributed by atoms with van der Waals surface area (Å²) < 4.78 is 13.6. The molecule has 2 aliphatic heterocycles. The van der Waals surface area contributed by atoms with E-state index in [1.807, 2.05) is 6.07 Å². The molecule has 0 unspecified atom stereocenters. The van der Waals surface area contributed by atoms with Gasteiger partial charge in [-0.25, -0.2) is 0 Å². The molecule has 2 heterocycles. The molecular formula is C43H30BNO2. The van der Waals surface area contributed by atoms with Gasteiger partial charge in [0.1, 0.15) is 23.0 Å². The fourth-order valence-corrected chi connectivity index (χ4v) is 8.23. The van der Waals surface area contributed by atoms with E-state index >= 15 is 0 Å². The SMILES string of the molecule is CC1(C)c2cc(N(c3ccccc3)c3ccccc3)ccc2-c2ccc3c(c21)Oc1cccc2c1B3c1ccc3ccccc3c1O2. The molecule has 10 rings (SSSR count). The maximum absolute atomic E-state index is 6.96. The van der Waals surface area contributed by atoms with Crippen molar-refractivity contribution in [3.63, 3.8) is 0 Å². The van der Waals surface area contributed by atoms with E-state index in [9.17, 15) is 0 Å². The van der Waals surface area contributed by atoms with Gasteiger partial charge in [-0.1, -0.05) is 111 Å². The number of anilines is 3. The lowest BCUT2D eigenvalue weighted by molar-refractivity contribution is 0.456. The number of benzene rings is 7. The molecule has 7 aromatic rings. The average molecular weight is 604 g/mol. The predicted molar refractivity (Wildman–Crippen MR) is 194 cm³/mol. The van der Waals surface area contributed by atoms with Crippen LogP contribution in [-0.4, -0.2) is 6.71 Å². The monoisotopic (exact) mass is 603 g/mol. The molecule has 7 aromatic carbocycles. The van der Waals surface area contributed by atoms with Gasteiger partial charge in [0.25, 0.3) is 6.71 Å². The fraction of sp³-hybridized carbons (Fsp3) is 0.0698. The Bertz CT molecular complexity index is 2360. The zero-order valence-electron chi connectivity index (χ0n) is 26.2. The number of fused-ring (bicyclic) bond motifs is 10. The second-order valence-electron chi connectivity index (χ2n) is 13.3. The van der Waals surface area contributed by atoms with Crippen LogP contribution in [0.2, 0.25) is 0 Å². The molecule has 0 saturated carbocycles. The van der Waals surface area contributed by atoms with Crippen LogP contribution in [0.25, 0.3) is 21.9 Å². The molecule has 3 nitrogen and oxygen atoms in total. The first-order valence-electron chi connectivity index (χ1n) is 16.3. The smallest absolute Gasteiger partial charge is 0.260 e. The number of nitrogens with zero attached hydrogens (tertiary/aromatic N) is 1. The first-order valence-corrected chi connectivity index (χ1v) is 16.3. The van der Waals surface area contributed by atoms with Gasteiger partial charge in [-0.3, -0.25) is 0 Å². The second kappa shape index (κ2) is 9.64. The lowest BCUT2D eigenvalue weighted by atomic mass is 9.34. The van der Waals surface area contributed by atoms with Gasteiger partial charge in [0, 0.05) is 38.9 Å². The first-order chi connectivity index (χ1) is 23.1. The summed E-state index contributed by atoms with van der Waals surface area (Å²) >= 11 is 0. The van der Waals surface area contributed by atoms with E-state index in [0.29, 0.717) is 0 Å². The lowest BCUT2D eigenvalue weighted by Gasteiger charge is -2.35. The van der Waals surface area contributed by atoms with Crippen LogP contribution in [0.15, 0.2) is 146 Å². The first kappa shape index (κ1) is 26.5. The Kier molecular flexibility index (Phi) is 5.43. The van der Waals surface area contributed by atoms with Crippen molar-refractivity contribution in [1.29, 1.82) is 0 Å². The van der Waals surface area contributed by atoms with Gasteiger partial charge in [0.2, 0.25) is 0 Å². The normalized spacial score (nSPS) is 14.2. The van der Waals surface area contributed by atoms with E-state index in [-0.39, 0.29) is 12.1 Å². The Labute approximate surface area is 274 Å². The highest BCUT2D eigenvalue weighted by Gasteiger charge is 2.46. The van der Waals surface area contributed by atoms with E-state index in [1.54, 1.807) is 0 Å². The zero-order chi connectivity index (χ0) is 31.3. The summed E-state index contributed by atoms with van der Waals surface area (Å²) in [6, 6.07) is 51.9. The minimum absolute atomic E-state index is 0.0188. The number of hydrogen-bond acceptors (Lipinski definition) is 3. The summed E-state index contributed by atoms with van der Waals surface area (Å²) in [6.45, 7) is 4.71. The van der Waals surface area contributed by atoms with Crippen molar-refractivity contribution in [3.8, 4) is 34.1 Å². The molecule has 0 N–H and O–H groups in total. The van der Waals surface area contributed by atoms with E-state index in [0.717, 1.165) is 50.9 Å². The average Bonchev–Trinajstić information content (AvgIpc) is 3.35. The summed E-state index contributed by atoms with van der Waals surface area (Å²) in [4.78, 5) is 2.34. The number of para-hydroxylation sites is 2. The standard InChI is InChI=1S/C43H30BNO2/c1-43(2)34-26-30(45(28-13-5-3-6-14-28)29-15-7-4-8-16-29)21-22-32(34)33-23-25-36-42(39(33)43)47-38-19-11-18-37-40(38)44(36)35-24-20-27-12-9-10-17-31(27)41(35)46-37/h3-26H,1-2H3. The molecule has 0 saturated heterocycles. The number of rotatable bonds is 3. The molecular weight excluding hydrogens is 573 g/mol. The molecule has 0 amide bonds. The van der Waals surface area contributed by atoms with Gasteiger partial charge in [0.15, 0.2) is 0 Å². The van der Waals surface area contributed by atoms with Crippen LogP contribution in [0.3, 0.4) is 0 Å². The molecule has 222 valence electrons. The molecule has 0 radical (unpaired) electrons. The largest absolute Gasteiger partial charge is 0.458 e. The summed E-state index contributed by atoms with van der Waals surface area (Å²) in [5.74, 6) is 3.67. The van der Waals surface area contributed by atoms with Crippen molar-refractivity contribution in [2.24, 2.45) is 0 Å². The molecule has 4 heteroatoms. The highest BCUT2D eigenvalue weighted by Crippen LogP contribution is 2.54. The lowest BCUT2D eigenvalue weighted by Crippen LogP contribution is -2.57. The van der Waals surface area contributed by atoms with Gasteiger partial charge < -0.3 is 14.4 Å². The van der Waals surface area contributed by atoms with Gasteiger partial charge in [-0.05, 0) is 81.5 Å². The molecule has 3 aliphatic rings. The van der Waals surface area contributed by atoms with Gasteiger partial charge in [-0.15, -0.1) is 0 Å². The summed E-state index contributed by atoms with van der Waals surface area (Å²) in [5.41, 5.74) is 11.6. The van der Waals surface area contributed by atoms with E-state index < -0.39 is 0 Å². The minimum atomic E-state index is -0.294. The van der Waals surface area contributed by atoms with Gasteiger partial charge >= 0.3 is 0 Å². The van der Waals surface area contributed by atoms with Crippen molar-refractivity contribution in [3.05, 3.63) is 157 Å². The Morgan fingerprint density at radius 3 is 1.89 bits per heavy atom. The Hall–Kier alpha value is -5.74. The topological polar surface area (TPSA) is 21.7 Å². The van der Waals surface area contributed by atoms with Crippen molar-refractivity contribution in [2.75, 3.05) is 4.90 Å². The predicted octanol–water partition coefficient (Wildman–Crippen LogP) is 9.34. The summed E-state index contributed by atoms with van der Waals surface area (Å²) in [6.07, 6.45) is 0. The maximum atomic E-state index is 6.96. The van der Waals surface area contributed by atoms with Crippen molar-refractivity contribution in [1.82, 2.24) is 0 Å². The van der Waals surface area contributed by atoms with E-state index in [1.165, 1.54) is 38.6 Å². The molecule has 1 aliphatic carbocycles. The van der Waals surface area contributed by atoms with Crippen LogP contribution in [0.1, 0.15) is 25.0 Å². The van der Waals surface area contributed by atoms with Crippen molar-refractivity contribution in [2.45, 2.75) is 19.3 Å². The van der Waals surface area contributed by atoms with Crippen molar-refractivity contribution < 1.29 is 9.47 Å². The molecule has 0 atom stereocenters. The molecule has 0 fully saturated rings. The third kappa shape index (κ3) is 3.70. The molecule has 47 heavy (non-hydrogen) atoms. The maximum Gasteiger partial charge on any atom is 0.260 e. The highest BCUT2D eigenvalue weighted by molar-refractivity contribution is 6.98. The Morgan fingerprint density at radius 2 is 1.15 bits per heavy atom. The van der Waals surface area contributed by atoms with Crippen LogP contribution in [0.4, 0.5) is 17.1 Å². The minimum Gasteiger partial charge on any atom is -0.458 e. The van der Waals surface area contributed by atoms with Crippen LogP contribution >= 0.6 is 0 Å². The van der Waals surface area contributed by atoms with E-state index in [2.05, 4.69) is 158 Å². The van der Waals surface area contributed by atoms with Crippen LogP contribution < -0.4 is 30.8 Å². The Balaban J connectivity index is 1.16. The molecule has 0 aromatic heterocycles. The van der Waals surface area contributed by atoms with Gasteiger partial charge in [-0.2, -0.15) is 0 Å². The number of hydrogen-bond donors (Lipinski definition) is 0. The van der Waals surface area contributed by atoms with Crippen molar-refractivity contribution >= 4 is 50.9 Å². The third-order valence-electron chi connectivity index (χ3n) is 10.3.